The molecule has 3 N–H and O–H groups in total. The number of hydrogen-bond acceptors (Lipinski definition) is 8. The van der Waals surface area contributed by atoms with Crippen LogP contribution in [0.5, 0.6) is 0 Å². The molecule has 0 radical (unpaired) electrons. The zero-order valence-corrected chi connectivity index (χ0v) is 15.8. The first-order valence-corrected chi connectivity index (χ1v) is 9.65. The van der Waals surface area contributed by atoms with E-state index in [1.165, 1.54) is 0 Å². The molecule has 4 rings (SSSR count). The number of aliphatic carboxylic acids is 1. The number of ether oxygens (including phenoxy) is 1. The lowest BCUT2D eigenvalue weighted by Crippen LogP contribution is -2.63. The van der Waals surface area contributed by atoms with E-state index >= 15 is 0 Å². The summed E-state index contributed by atoms with van der Waals surface area (Å²) in [5.41, 5.74) is 5.41. The van der Waals surface area contributed by atoms with E-state index < -0.39 is 11.4 Å². The summed E-state index contributed by atoms with van der Waals surface area (Å²) in [6.45, 7) is 5.04. The summed E-state index contributed by atoms with van der Waals surface area (Å²) in [6, 6.07) is 1.76. The third kappa shape index (κ3) is 3.29. The van der Waals surface area contributed by atoms with Crippen molar-refractivity contribution in [3.8, 4) is 0 Å². The van der Waals surface area contributed by atoms with Gasteiger partial charge in [0.2, 0.25) is 5.95 Å². The second kappa shape index (κ2) is 7.12. The summed E-state index contributed by atoms with van der Waals surface area (Å²) in [5, 5.41) is 9.95. The average Bonchev–Trinajstić information content (AvgIpc) is 2.68. The van der Waals surface area contributed by atoms with Crippen molar-refractivity contribution >= 4 is 23.6 Å². The number of aromatic nitrogens is 2. The number of anilines is 3. The van der Waals surface area contributed by atoms with Crippen molar-refractivity contribution in [3.05, 3.63) is 6.07 Å². The summed E-state index contributed by atoms with van der Waals surface area (Å²) < 4.78 is 5.40. The van der Waals surface area contributed by atoms with Gasteiger partial charge >= 0.3 is 5.97 Å². The number of nitrogens with two attached hydrogens (primary N) is 1. The van der Waals surface area contributed by atoms with Gasteiger partial charge < -0.3 is 30.3 Å². The number of likely N-dealkylation sites (N-methyl/N-ethyl adjacent to an activating group) is 1. The smallest absolute Gasteiger partial charge is 0.311 e. The first-order chi connectivity index (χ1) is 13.0. The Morgan fingerprint density at radius 2 is 2.00 bits per heavy atom. The number of fused-ring (bicyclic) bond motifs is 1. The van der Waals surface area contributed by atoms with Crippen LogP contribution in [0.2, 0.25) is 0 Å². The summed E-state index contributed by atoms with van der Waals surface area (Å²) >= 11 is 0. The quantitative estimate of drug-likeness (QED) is 0.768. The van der Waals surface area contributed by atoms with Gasteiger partial charge in [0.25, 0.3) is 0 Å². The number of carbonyl (C=O) groups is 1. The normalized spacial score (nSPS) is 29.4. The first-order valence-electron chi connectivity index (χ1n) is 9.65. The molecule has 3 aliphatic rings. The molecule has 1 aromatic rings. The van der Waals surface area contributed by atoms with Crippen molar-refractivity contribution in [2.75, 3.05) is 68.5 Å². The molecule has 9 nitrogen and oxygen atoms in total. The molecule has 27 heavy (non-hydrogen) atoms. The van der Waals surface area contributed by atoms with Crippen molar-refractivity contribution in [3.63, 3.8) is 0 Å². The number of morpholine rings is 1. The molecule has 0 spiro atoms. The monoisotopic (exact) mass is 376 g/mol. The Morgan fingerprint density at radius 3 is 2.74 bits per heavy atom. The highest BCUT2D eigenvalue weighted by atomic mass is 16.5. The van der Waals surface area contributed by atoms with Crippen molar-refractivity contribution in [2.24, 2.45) is 5.41 Å². The number of likely N-dealkylation sites (tertiary alicyclic amines) is 1. The minimum absolute atomic E-state index is 0.0273. The Balaban J connectivity index is 1.59. The van der Waals surface area contributed by atoms with Crippen LogP contribution in [0.3, 0.4) is 0 Å². The zero-order valence-electron chi connectivity index (χ0n) is 15.8. The highest BCUT2D eigenvalue weighted by Gasteiger charge is 2.52. The number of rotatable bonds is 3. The lowest BCUT2D eigenvalue weighted by atomic mass is 9.68. The highest BCUT2D eigenvalue weighted by molar-refractivity contribution is 5.76. The van der Waals surface area contributed by atoms with E-state index in [1.54, 1.807) is 6.07 Å². The van der Waals surface area contributed by atoms with E-state index in [9.17, 15) is 9.90 Å². The lowest BCUT2D eigenvalue weighted by molar-refractivity contribution is -0.158. The predicted octanol–water partition coefficient (Wildman–Crippen LogP) is 0.271. The Morgan fingerprint density at radius 1 is 1.22 bits per heavy atom. The standard InChI is InChI=1S/C18H28N6O3/c1-22-5-2-3-18(16(25)26)4-6-24(12-13(18)22)15-11-14(19)20-17(21-15)23-7-9-27-10-8-23/h11,13H,2-10,12H2,1H3,(H,25,26)(H2,19,20,21)/t13-,18+/m1/s1. The van der Waals surface area contributed by atoms with Gasteiger partial charge in [-0.25, -0.2) is 0 Å². The number of nitrogens with zero attached hydrogens (tertiary/aromatic N) is 5. The fourth-order valence-electron chi connectivity index (χ4n) is 4.70. The fourth-order valence-corrected chi connectivity index (χ4v) is 4.70. The van der Waals surface area contributed by atoms with Gasteiger partial charge in [-0.3, -0.25) is 4.79 Å². The van der Waals surface area contributed by atoms with Crippen LogP contribution in [0.4, 0.5) is 17.6 Å². The summed E-state index contributed by atoms with van der Waals surface area (Å²) in [7, 11) is 2.03. The molecular formula is C18H28N6O3. The van der Waals surface area contributed by atoms with Gasteiger partial charge in [-0.15, -0.1) is 0 Å². The SMILES string of the molecule is CN1CCC[C@]2(C(=O)O)CCN(c3cc(N)nc(N4CCOCC4)n3)C[C@@H]12. The van der Waals surface area contributed by atoms with E-state index in [-0.39, 0.29) is 6.04 Å². The molecular weight excluding hydrogens is 348 g/mol. The van der Waals surface area contributed by atoms with E-state index in [2.05, 4.69) is 19.7 Å². The van der Waals surface area contributed by atoms with Crippen LogP contribution in [0.1, 0.15) is 19.3 Å². The number of hydrogen-bond donors (Lipinski definition) is 2. The van der Waals surface area contributed by atoms with E-state index in [1.807, 2.05) is 7.05 Å². The van der Waals surface area contributed by atoms with Gasteiger partial charge in [-0.2, -0.15) is 9.97 Å². The second-order valence-corrected chi connectivity index (χ2v) is 7.81. The zero-order chi connectivity index (χ0) is 19.0. The summed E-state index contributed by atoms with van der Waals surface area (Å²) in [5.74, 6) is 1.17. The van der Waals surface area contributed by atoms with Gasteiger partial charge in [0.15, 0.2) is 0 Å². The summed E-state index contributed by atoms with van der Waals surface area (Å²) in [4.78, 5) is 27.7. The van der Waals surface area contributed by atoms with Crippen LogP contribution in [0.25, 0.3) is 0 Å². The van der Waals surface area contributed by atoms with Gasteiger partial charge in [-0.1, -0.05) is 0 Å². The molecule has 0 saturated carbocycles. The molecule has 148 valence electrons. The van der Waals surface area contributed by atoms with Crippen LogP contribution in [-0.2, 0) is 9.53 Å². The van der Waals surface area contributed by atoms with Crippen molar-refractivity contribution in [1.29, 1.82) is 0 Å². The van der Waals surface area contributed by atoms with Gasteiger partial charge in [0, 0.05) is 38.3 Å². The largest absolute Gasteiger partial charge is 0.481 e. The Labute approximate surface area is 159 Å². The Bertz CT molecular complexity index is 710. The van der Waals surface area contributed by atoms with E-state index in [0.29, 0.717) is 44.5 Å². The van der Waals surface area contributed by atoms with Crippen molar-refractivity contribution < 1.29 is 14.6 Å². The van der Waals surface area contributed by atoms with Gasteiger partial charge in [0.05, 0.1) is 18.6 Å². The molecule has 2 atom stereocenters. The molecule has 3 saturated heterocycles. The number of piperidine rings is 2. The maximum absolute atomic E-state index is 12.1. The molecule has 0 unspecified atom stereocenters. The minimum atomic E-state index is -0.671. The van der Waals surface area contributed by atoms with Crippen molar-refractivity contribution in [1.82, 2.24) is 14.9 Å². The molecule has 9 heteroatoms. The van der Waals surface area contributed by atoms with Crippen LogP contribution in [-0.4, -0.2) is 85.0 Å². The average molecular weight is 376 g/mol. The third-order valence-electron chi connectivity index (χ3n) is 6.29. The van der Waals surface area contributed by atoms with Gasteiger partial charge in [0.1, 0.15) is 11.6 Å². The van der Waals surface area contributed by atoms with Crippen LogP contribution in [0.15, 0.2) is 6.07 Å². The molecule has 0 aromatic carbocycles. The van der Waals surface area contributed by atoms with E-state index in [4.69, 9.17) is 15.5 Å². The molecule has 3 aliphatic heterocycles. The van der Waals surface area contributed by atoms with Gasteiger partial charge in [-0.05, 0) is 32.9 Å². The molecule has 3 fully saturated rings. The number of nitrogen functional groups attached to an aromatic ring is 1. The molecule has 0 amide bonds. The van der Waals surface area contributed by atoms with Crippen LogP contribution in [0, 0.1) is 5.41 Å². The molecule has 0 aliphatic carbocycles. The Hall–Kier alpha value is -2.13. The minimum Gasteiger partial charge on any atom is -0.481 e. The summed E-state index contributed by atoms with van der Waals surface area (Å²) in [6.07, 6.45) is 2.30. The number of carboxylic acid groups (broad SMARTS) is 1. The maximum Gasteiger partial charge on any atom is 0.311 e. The third-order valence-corrected chi connectivity index (χ3v) is 6.29. The predicted molar refractivity (Wildman–Crippen MR) is 102 cm³/mol. The van der Waals surface area contributed by atoms with E-state index in [0.717, 1.165) is 38.3 Å². The second-order valence-electron chi connectivity index (χ2n) is 7.81. The first kappa shape index (κ1) is 18.2. The Kier molecular flexibility index (Phi) is 4.81. The number of carboxylic acids is 1. The fraction of sp³-hybridized carbons (Fsp3) is 0.722. The topological polar surface area (TPSA) is 108 Å². The molecule has 1 aromatic heterocycles. The van der Waals surface area contributed by atoms with Crippen molar-refractivity contribution in [2.45, 2.75) is 25.3 Å². The van der Waals surface area contributed by atoms with Crippen LogP contribution >= 0.6 is 0 Å². The highest BCUT2D eigenvalue weighted by Crippen LogP contribution is 2.43. The lowest BCUT2D eigenvalue weighted by Gasteiger charge is -2.52. The maximum atomic E-state index is 12.1. The molecule has 4 heterocycles. The van der Waals surface area contributed by atoms with Crippen LogP contribution < -0.4 is 15.5 Å². The molecule has 0 bridgehead atoms.